The molecule has 1 saturated heterocycles. The molecular formula is C37H49N3O9Si. The van der Waals surface area contributed by atoms with Gasteiger partial charge in [0.15, 0.2) is 25.8 Å². The lowest BCUT2D eigenvalue weighted by atomic mass is 9.50. The highest BCUT2D eigenvalue weighted by atomic mass is 28.4. The third kappa shape index (κ3) is 5.62. The number of esters is 3. The van der Waals surface area contributed by atoms with Crippen LogP contribution in [0.5, 0.6) is 0 Å². The first-order valence-corrected chi connectivity index (χ1v) is 20.0. The Morgan fingerprint density at radius 3 is 2.20 bits per heavy atom. The zero-order chi connectivity index (χ0) is 36.8. The van der Waals surface area contributed by atoms with Gasteiger partial charge in [-0.25, -0.2) is 4.79 Å². The fraction of sp³-hybridized carbons (Fsp3) is 0.622. The highest BCUT2D eigenvalue weighted by molar-refractivity contribution is 6.73. The van der Waals surface area contributed by atoms with E-state index in [9.17, 15) is 19.9 Å². The van der Waals surface area contributed by atoms with E-state index in [-0.39, 0.29) is 25.0 Å². The molecule has 1 aromatic carbocycles. The van der Waals surface area contributed by atoms with Crippen LogP contribution in [0.2, 0.25) is 18.1 Å². The molecule has 13 heteroatoms. The summed E-state index contributed by atoms with van der Waals surface area (Å²) >= 11 is 0. The van der Waals surface area contributed by atoms with Crippen molar-refractivity contribution in [2.75, 3.05) is 6.61 Å². The quantitative estimate of drug-likeness (QED) is 0.0457. The fourth-order valence-corrected chi connectivity index (χ4v) is 12.3. The maximum absolute atomic E-state index is 15.7. The summed E-state index contributed by atoms with van der Waals surface area (Å²) in [6, 6.07) is 10.1. The summed E-state index contributed by atoms with van der Waals surface area (Å²) in [6.45, 7) is 18.4. The first-order chi connectivity index (χ1) is 23.6. The number of ether oxygens (including phenoxy) is 4. The van der Waals surface area contributed by atoms with Crippen molar-refractivity contribution in [1.82, 2.24) is 0 Å². The van der Waals surface area contributed by atoms with Gasteiger partial charge in [-0.3, -0.25) is 14.4 Å². The van der Waals surface area contributed by atoms with Crippen LogP contribution in [0, 0.1) is 16.7 Å². The van der Waals surface area contributed by atoms with Gasteiger partial charge in [0, 0.05) is 25.2 Å². The third-order valence-electron chi connectivity index (χ3n) is 12.2. The third-order valence-corrected chi connectivity index (χ3v) is 16.9. The van der Waals surface area contributed by atoms with Gasteiger partial charge in [-0.2, -0.15) is 0 Å². The topological polar surface area (TPSA) is 163 Å². The highest BCUT2D eigenvalue weighted by Crippen LogP contribution is 2.67. The van der Waals surface area contributed by atoms with Crippen LogP contribution in [0.15, 0.2) is 58.7 Å². The van der Waals surface area contributed by atoms with Gasteiger partial charge in [0.05, 0.1) is 41.1 Å². The number of Topliss-reactive ketones (excluding diaryl/α,β-unsaturated/α-hetero) is 1. The Labute approximate surface area is 294 Å². The molecule has 270 valence electrons. The summed E-state index contributed by atoms with van der Waals surface area (Å²) in [5.41, 5.74) is 6.94. The van der Waals surface area contributed by atoms with Gasteiger partial charge < -0.3 is 23.4 Å². The number of nitrogens with zero attached hydrogens (tertiary/aromatic N) is 3. The van der Waals surface area contributed by atoms with Crippen LogP contribution in [0.4, 0.5) is 0 Å². The van der Waals surface area contributed by atoms with E-state index < -0.39 is 84.8 Å². The van der Waals surface area contributed by atoms with E-state index in [1.54, 1.807) is 51.1 Å². The number of carbonyl (C=O) groups is 4. The summed E-state index contributed by atoms with van der Waals surface area (Å²) in [7, 11) is -2.44. The van der Waals surface area contributed by atoms with Crippen molar-refractivity contribution in [3.8, 4) is 0 Å². The Bertz CT molecular complexity index is 1650. The zero-order valence-corrected chi connectivity index (χ0v) is 31.3. The molecule has 2 saturated carbocycles. The van der Waals surface area contributed by atoms with Gasteiger partial charge in [0.25, 0.3) is 0 Å². The van der Waals surface area contributed by atoms with Crippen LogP contribution in [-0.4, -0.2) is 74.7 Å². The van der Waals surface area contributed by atoms with Crippen molar-refractivity contribution in [3.05, 3.63) is 69.6 Å². The van der Waals surface area contributed by atoms with Crippen LogP contribution in [-0.2, 0) is 37.8 Å². The van der Waals surface area contributed by atoms with E-state index in [4.69, 9.17) is 23.4 Å². The average Bonchev–Trinajstić information content (AvgIpc) is 3.34. The Hall–Kier alpha value is -3.77. The zero-order valence-electron chi connectivity index (χ0n) is 30.3. The lowest BCUT2D eigenvalue weighted by Crippen LogP contribution is -2.78. The summed E-state index contributed by atoms with van der Waals surface area (Å²) in [6.07, 6.45) is -3.85. The number of benzene rings is 1. The SMILES string of the molecule is C=C(C)[C@@]12C[C@H](N=[N+]=[N-])C(C)=C1[C@@H](OC(C)=O)C(=O)[C@]1(C)[C@@H](O[Si](CC)(CC)CC)C[C@H]3OC[C@@]3(OC(C)=O)[C@H]1[C@@H]2OC(=O)c1ccccc1. The Balaban J connectivity index is 1.91. The average molecular weight is 708 g/mol. The van der Waals surface area contributed by atoms with Gasteiger partial charge in [-0.15, -0.1) is 0 Å². The van der Waals surface area contributed by atoms with E-state index in [1.165, 1.54) is 13.8 Å². The first-order valence-electron chi connectivity index (χ1n) is 17.5. The monoisotopic (exact) mass is 707 g/mol. The summed E-state index contributed by atoms with van der Waals surface area (Å²) in [5.74, 6) is -3.48. The van der Waals surface area contributed by atoms with Crippen LogP contribution < -0.4 is 0 Å². The molecule has 5 rings (SSSR count). The number of carbonyl (C=O) groups excluding carboxylic acids is 4. The van der Waals surface area contributed by atoms with Crippen LogP contribution in [0.25, 0.3) is 10.4 Å². The number of rotatable bonds is 11. The molecule has 0 amide bonds. The molecule has 3 aliphatic carbocycles. The standard InChI is InChI=1S/C37H49N3O9Si/c1-10-50(11-2,12-3)49-27-18-28-37(20-45-28,48-24(8)42)31-33(47-34(44)25-16-14-13-15-17-25)36(21(4)5)19-26(39-40-38)22(6)29(36)30(46-23(7)41)32(43)35(27,31)9/h13-17,26-28,30-31,33H,4,10-12,18-20H2,1-3,5-9H3/t26-,27-,28+,30+,31-,33-,35+,36-,37-/m0/s1. The molecule has 1 aromatic rings. The Morgan fingerprint density at radius 2 is 1.70 bits per heavy atom. The number of hydrogen-bond donors (Lipinski definition) is 0. The van der Waals surface area contributed by atoms with E-state index in [1.807, 2.05) is 0 Å². The number of fused-ring (bicyclic) bond motifs is 4. The minimum absolute atomic E-state index is 0.0584. The molecule has 0 spiro atoms. The maximum atomic E-state index is 15.7. The van der Waals surface area contributed by atoms with Crippen molar-refractivity contribution >= 4 is 32.0 Å². The lowest BCUT2D eigenvalue weighted by Gasteiger charge is -2.64. The van der Waals surface area contributed by atoms with E-state index in [0.29, 0.717) is 16.7 Å². The second kappa shape index (κ2) is 13.7. The Morgan fingerprint density at radius 1 is 1.06 bits per heavy atom. The lowest BCUT2D eigenvalue weighted by molar-refractivity contribution is -0.331. The van der Waals surface area contributed by atoms with Gasteiger partial charge in [-0.1, -0.05) is 61.8 Å². The molecule has 3 fully saturated rings. The number of hydrogen-bond acceptors (Lipinski definition) is 10. The van der Waals surface area contributed by atoms with Crippen molar-refractivity contribution in [2.45, 2.75) is 122 Å². The van der Waals surface area contributed by atoms with Gasteiger partial charge in [-0.05, 0) is 68.6 Å². The predicted octanol–water partition coefficient (Wildman–Crippen LogP) is 6.81. The van der Waals surface area contributed by atoms with Crippen LogP contribution in [0.1, 0.15) is 78.6 Å². The van der Waals surface area contributed by atoms with Crippen molar-refractivity contribution < 1.29 is 42.6 Å². The molecule has 50 heavy (non-hydrogen) atoms. The molecule has 1 heterocycles. The van der Waals surface area contributed by atoms with E-state index >= 15 is 4.79 Å². The first kappa shape index (κ1) is 37.5. The van der Waals surface area contributed by atoms with Crippen LogP contribution in [0.3, 0.4) is 0 Å². The highest BCUT2D eigenvalue weighted by Gasteiger charge is 2.78. The minimum Gasteiger partial charge on any atom is -0.457 e. The van der Waals surface area contributed by atoms with Gasteiger partial charge in [0.2, 0.25) is 0 Å². The second-order valence-corrected chi connectivity index (χ2v) is 19.2. The number of ketones is 1. The van der Waals surface area contributed by atoms with Gasteiger partial charge in [0.1, 0.15) is 12.2 Å². The molecule has 1 aliphatic heterocycles. The molecular weight excluding hydrogens is 659 g/mol. The van der Waals surface area contributed by atoms with Crippen molar-refractivity contribution in [2.24, 2.45) is 21.9 Å². The maximum Gasteiger partial charge on any atom is 0.338 e. The van der Waals surface area contributed by atoms with E-state index in [2.05, 4.69) is 37.4 Å². The molecule has 12 nitrogen and oxygen atoms in total. The summed E-state index contributed by atoms with van der Waals surface area (Å²) in [4.78, 5) is 59.1. The minimum atomic E-state index is -2.44. The number of azide groups is 1. The molecule has 0 aromatic heterocycles. The molecule has 0 N–H and O–H groups in total. The largest absolute Gasteiger partial charge is 0.457 e. The van der Waals surface area contributed by atoms with Crippen molar-refractivity contribution in [3.63, 3.8) is 0 Å². The van der Waals surface area contributed by atoms with Crippen molar-refractivity contribution in [1.29, 1.82) is 0 Å². The van der Waals surface area contributed by atoms with Gasteiger partial charge >= 0.3 is 17.9 Å². The normalized spacial score (nSPS) is 34.5. The molecule has 9 atom stereocenters. The fourth-order valence-electron chi connectivity index (χ4n) is 9.40. The van der Waals surface area contributed by atoms with Crippen LogP contribution >= 0.6 is 0 Å². The smallest absolute Gasteiger partial charge is 0.338 e. The van der Waals surface area contributed by atoms with E-state index in [0.717, 1.165) is 18.1 Å². The predicted molar refractivity (Wildman–Crippen MR) is 186 cm³/mol. The summed E-state index contributed by atoms with van der Waals surface area (Å²) < 4.78 is 32.5. The second-order valence-electron chi connectivity index (χ2n) is 14.5. The molecule has 0 bridgehead atoms. The molecule has 4 aliphatic rings. The molecule has 0 unspecified atom stereocenters. The Kier molecular flexibility index (Phi) is 10.3. The molecule has 0 radical (unpaired) electrons. The summed E-state index contributed by atoms with van der Waals surface area (Å²) in [5, 5.41) is 4.09.